The predicted octanol–water partition coefficient (Wildman–Crippen LogP) is 1.57. The van der Waals surface area contributed by atoms with Crippen molar-refractivity contribution in [2.45, 2.75) is 62.7 Å². The SMILES string of the molecule is N/C(=C\N(N)CCOCCOCCOCCOCCOCCOCCC(=O)Oc1c(F)cc(F)cc1F)COCCOCCOCCOCCOC1CCC2(CC1)CN(c1nc(Cl)nc3c1cnn3[C@@H]1O[C@H](COCP(=O)(O)O)[C@@H](O)[C@H]1O)C2. The number of ether oxygens (including phenoxy) is 14. The average Bonchev–Trinajstić information content (AvgIpc) is 1.62. The third-order valence-corrected chi connectivity index (χ3v) is 13.8. The zero-order chi connectivity index (χ0) is 60.2. The van der Waals surface area contributed by atoms with Gasteiger partial charge in [-0.25, -0.2) is 23.7 Å². The van der Waals surface area contributed by atoms with E-state index in [2.05, 4.69) is 24.7 Å². The van der Waals surface area contributed by atoms with Crippen LogP contribution in [0.25, 0.3) is 11.0 Å². The van der Waals surface area contributed by atoms with Crippen LogP contribution in [-0.4, -0.2) is 246 Å². The minimum absolute atomic E-state index is 0.0220. The standard InChI is InChI=1S/C51H79ClF3N8O20P/c52-50-59-47(39-29-58-63(48(39)60-50)49-45(66)44(65)42(82-49)32-80-35-84(67,68)69)61-33-51(34-61)4-1-38(2-5-51)81-26-25-78-22-21-76-19-20-77-23-24-79-31-37(56)30-62(57)6-8-71-10-12-73-14-16-75-18-17-74-15-13-72-11-9-70-7-3-43(64)83-46-40(54)27-36(53)28-41(46)55/h27-30,38,42,44-45,49,65-66H,1-26,31-35,56-57H2,(H2,67,68,69)/b37-30-/t42-,44-,45-,49-/m1/s1. The van der Waals surface area contributed by atoms with Gasteiger partial charge in [0.1, 0.15) is 36.3 Å². The second-order valence-electron chi connectivity index (χ2n) is 19.7. The van der Waals surface area contributed by atoms with Gasteiger partial charge in [0.15, 0.2) is 23.5 Å². The molecule has 3 fully saturated rings. The number of benzene rings is 1. The summed E-state index contributed by atoms with van der Waals surface area (Å²) in [6.07, 6.45) is 0.937. The fraction of sp³-hybridized carbons (Fsp3) is 0.725. The zero-order valence-electron chi connectivity index (χ0n) is 46.7. The van der Waals surface area contributed by atoms with Crippen molar-refractivity contribution in [3.8, 4) is 5.75 Å². The maximum absolute atomic E-state index is 13.6. The first kappa shape index (κ1) is 69.1. The van der Waals surface area contributed by atoms with Gasteiger partial charge in [0.25, 0.3) is 0 Å². The van der Waals surface area contributed by atoms with Crippen molar-refractivity contribution in [3.05, 3.63) is 53.0 Å². The number of aliphatic hydroxyl groups excluding tert-OH is 2. The van der Waals surface area contributed by atoms with E-state index in [1.807, 2.05) is 0 Å². The highest BCUT2D eigenvalue weighted by Gasteiger charge is 2.48. The summed E-state index contributed by atoms with van der Waals surface area (Å²) in [5.74, 6) is 0.961. The number of nitrogens with zero attached hydrogens (tertiary/aromatic N) is 6. The van der Waals surface area contributed by atoms with E-state index in [9.17, 15) is 32.7 Å². The molecule has 8 N–H and O–H groups in total. The highest BCUT2D eigenvalue weighted by Crippen LogP contribution is 2.47. The van der Waals surface area contributed by atoms with Crippen molar-refractivity contribution in [2.75, 3.05) is 176 Å². The highest BCUT2D eigenvalue weighted by atomic mass is 35.5. The number of aromatic nitrogens is 4. The zero-order valence-corrected chi connectivity index (χ0v) is 48.4. The number of hydrogen-bond acceptors (Lipinski definition) is 25. The van der Waals surface area contributed by atoms with Crippen LogP contribution in [0.2, 0.25) is 5.28 Å². The molecule has 3 aromatic rings. The molecule has 1 aromatic carbocycles. The van der Waals surface area contributed by atoms with Crippen molar-refractivity contribution in [1.82, 2.24) is 24.8 Å². The lowest BCUT2D eigenvalue weighted by Crippen LogP contribution is -2.58. The van der Waals surface area contributed by atoms with Crippen LogP contribution in [0, 0.1) is 22.9 Å². The summed E-state index contributed by atoms with van der Waals surface area (Å²) in [5, 5.41) is 27.7. The summed E-state index contributed by atoms with van der Waals surface area (Å²) in [7, 11) is -4.43. The maximum Gasteiger partial charge on any atom is 0.350 e. The Bertz CT molecular complexity index is 2460. The lowest BCUT2D eigenvalue weighted by molar-refractivity contribution is -0.136. The van der Waals surface area contributed by atoms with Crippen LogP contribution in [-0.2, 0) is 70.9 Å². The molecule has 1 saturated carbocycles. The quantitative estimate of drug-likeness (QED) is 0.00890. The third kappa shape index (κ3) is 24.3. The van der Waals surface area contributed by atoms with Crippen LogP contribution in [0.1, 0.15) is 38.3 Å². The highest BCUT2D eigenvalue weighted by molar-refractivity contribution is 7.51. The normalized spacial score (nSPS) is 19.2. The van der Waals surface area contributed by atoms with Gasteiger partial charge in [-0.15, -0.1) is 0 Å². The van der Waals surface area contributed by atoms with Gasteiger partial charge < -0.3 is 102 Å². The van der Waals surface area contributed by atoms with E-state index in [4.69, 9.17) is 94.5 Å². The first-order valence-corrected chi connectivity index (χ1v) is 29.7. The summed E-state index contributed by atoms with van der Waals surface area (Å²) in [6, 6.07) is 0.835. The molecular formula is C51H79ClF3N8O20P. The lowest BCUT2D eigenvalue weighted by Gasteiger charge is -2.54. The van der Waals surface area contributed by atoms with E-state index in [-0.39, 0.29) is 56.3 Å². The van der Waals surface area contributed by atoms with Crippen molar-refractivity contribution >= 4 is 42.0 Å². The van der Waals surface area contributed by atoms with E-state index in [0.717, 1.165) is 38.8 Å². The lowest BCUT2D eigenvalue weighted by atomic mass is 9.68. The Morgan fingerprint density at radius 2 is 1.26 bits per heavy atom. The molecule has 2 aliphatic heterocycles. The molecule has 3 aliphatic rings. The third-order valence-electron chi connectivity index (χ3n) is 13.2. The van der Waals surface area contributed by atoms with Crippen molar-refractivity contribution in [1.29, 1.82) is 0 Å². The van der Waals surface area contributed by atoms with E-state index in [1.165, 1.54) is 9.69 Å². The Labute approximate surface area is 488 Å². The van der Waals surface area contributed by atoms with Crippen molar-refractivity contribution in [3.63, 3.8) is 0 Å². The van der Waals surface area contributed by atoms with Crippen molar-refractivity contribution in [2.24, 2.45) is 17.0 Å². The van der Waals surface area contributed by atoms with Gasteiger partial charge in [-0.2, -0.15) is 15.1 Å². The monoisotopic (exact) mass is 1250 g/mol. The van der Waals surface area contributed by atoms with Crippen LogP contribution in [0.4, 0.5) is 19.0 Å². The molecule has 0 unspecified atom stereocenters. The molecule has 476 valence electrons. The number of hydrazine groups is 1. The summed E-state index contributed by atoms with van der Waals surface area (Å²) in [5.41, 5.74) is 6.89. The average molecular weight is 1250 g/mol. The molecule has 2 aromatic heterocycles. The molecule has 84 heavy (non-hydrogen) atoms. The molecule has 33 heteroatoms. The van der Waals surface area contributed by atoms with Crippen LogP contribution in [0.3, 0.4) is 0 Å². The first-order valence-electron chi connectivity index (χ1n) is 27.5. The first-order chi connectivity index (χ1) is 40.5. The number of aliphatic hydroxyl groups is 2. The molecule has 4 atom stereocenters. The molecule has 1 spiro atoms. The molecular weight excluding hydrogens is 1170 g/mol. The molecule has 0 bridgehead atoms. The number of rotatable bonds is 44. The number of anilines is 1. The van der Waals surface area contributed by atoms with E-state index in [0.29, 0.717) is 154 Å². The van der Waals surface area contributed by atoms with Gasteiger partial charge in [0.05, 0.1) is 182 Å². The minimum atomic E-state index is -4.43. The summed E-state index contributed by atoms with van der Waals surface area (Å²) >= 11 is 6.37. The molecule has 4 heterocycles. The topological polar surface area (TPSA) is 346 Å². The Hall–Kier alpha value is -4.03. The summed E-state index contributed by atoms with van der Waals surface area (Å²) in [4.78, 5) is 40.9. The van der Waals surface area contributed by atoms with Crippen LogP contribution in [0.15, 0.2) is 30.2 Å². The Balaban J connectivity index is 0.652. The van der Waals surface area contributed by atoms with Crippen LogP contribution < -0.4 is 21.2 Å². The number of hydrogen-bond donors (Lipinski definition) is 6. The minimum Gasteiger partial charge on any atom is -0.420 e. The largest absolute Gasteiger partial charge is 0.420 e. The smallest absolute Gasteiger partial charge is 0.350 e. The Morgan fingerprint density at radius 1 is 0.750 bits per heavy atom. The second kappa shape index (κ2) is 37.0. The maximum atomic E-state index is 13.6. The Morgan fingerprint density at radius 3 is 1.81 bits per heavy atom. The fourth-order valence-corrected chi connectivity index (χ4v) is 9.53. The predicted molar refractivity (Wildman–Crippen MR) is 290 cm³/mol. The number of nitrogens with two attached hydrogens (primary N) is 2. The summed E-state index contributed by atoms with van der Waals surface area (Å²) in [6.45, 7) is 8.76. The van der Waals surface area contributed by atoms with Gasteiger partial charge in [-0.3, -0.25) is 9.36 Å². The number of fused-ring (bicyclic) bond motifs is 1. The van der Waals surface area contributed by atoms with Crippen molar-refractivity contribution < 1.29 is 109 Å². The van der Waals surface area contributed by atoms with E-state index >= 15 is 0 Å². The molecule has 0 amide bonds. The van der Waals surface area contributed by atoms with E-state index < -0.39 is 67.7 Å². The molecule has 6 rings (SSSR count). The van der Waals surface area contributed by atoms with Gasteiger partial charge in [-0.05, 0) is 37.3 Å². The fourth-order valence-electron chi connectivity index (χ4n) is 9.03. The van der Waals surface area contributed by atoms with Crippen LogP contribution >= 0.6 is 19.2 Å². The van der Waals surface area contributed by atoms with Gasteiger partial charge in [-0.1, -0.05) is 0 Å². The summed E-state index contributed by atoms with van der Waals surface area (Å²) < 4.78 is 129. The number of carbonyl (C=O) groups excluding carboxylic acids is 1. The number of carbonyl (C=O) groups is 1. The molecule has 28 nitrogen and oxygen atoms in total. The van der Waals surface area contributed by atoms with E-state index in [1.54, 1.807) is 12.4 Å². The van der Waals surface area contributed by atoms with Gasteiger partial charge >= 0.3 is 13.6 Å². The molecule has 1 aliphatic carbocycles. The van der Waals surface area contributed by atoms with Crippen LogP contribution in [0.5, 0.6) is 5.75 Å². The Kier molecular flexibility index (Phi) is 30.4. The van der Waals surface area contributed by atoms with Gasteiger partial charge in [0, 0.05) is 36.8 Å². The molecule has 2 saturated heterocycles. The van der Waals surface area contributed by atoms with Gasteiger partial charge in [0.2, 0.25) is 11.0 Å². The number of esters is 1. The number of halogens is 4. The second-order valence-corrected chi connectivity index (χ2v) is 21.6. The molecule has 0 radical (unpaired) electrons.